The van der Waals surface area contributed by atoms with Crippen molar-refractivity contribution in [1.29, 1.82) is 0 Å². The van der Waals surface area contributed by atoms with Gasteiger partial charge >= 0.3 is 0 Å². The van der Waals surface area contributed by atoms with Gasteiger partial charge in [0.25, 0.3) is 11.1 Å². The predicted octanol–water partition coefficient (Wildman–Crippen LogP) is 1.90. The van der Waals surface area contributed by atoms with Gasteiger partial charge in [0.1, 0.15) is 5.82 Å². The largest absolute Gasteiger partial charge is 0.342 e. The molecule has 1 aromatic carbocycles. The zero-order valence-electron chi connectivity index (χ0n) is 15.1. The van der Waals surface area contributed by atoms with Crippen molar-refractivity contribution < 1.29 is 27.2 Å². The molecule has 0 aliphatic carbocycles. The Bertz CT molecular complexity index is 960. The number of sulfone groups is 1. The van der Waals surface area contributed by atoms with Crippen LogP contribution in [-0.4, -0.2) is 66.4 Å². The Kier molecular flexibility index (Phi) is 5.90. The summed E-state index contributed by atoms with van der Waals surface area (Å²) in [6, 6.07) is 5.52. The molecule has 0 unspecified atom stereocenters. The van der Waals surface area contributed by atoms with Crippen molar-refractivity contribution >= 4 is 44.7 Å². The number of carbonyl (C=O) groups is 3. The minimum atomic E-state index is -3.12. The number of hydrogen-bond acceptors (Lipinski definition) is 6. The van der Waals surface area contributed by atoms with E-state index < -0.39 is 26.8 Å². The second-order valence-electron chi connectivity index (χ2n) is 6.67. The molecule has 2 heterocycles. The van der Waals surface area contributed by atoms with Crippen LogP contribution in [0, 0.1) is 5.82 Å². The van der Waals surface area contributed by atoms with Crippen molar-refractivity contribution in [3.8, 4) is 0 Å². The zero-order chi connectivity index (χ0) is 20.5. The van der Waals surface area contributed by atoms with Crippen LogP contribution in [-0.2, 0) is 19.4 Å². The molecule has 2 saturated heterocycles. The summed E-state index contributed by atoms with van der Waals surface area (Å²) in [4.78, 5) is 39.3. The first kappa shape index (κ1) is 20.5. The Balaban J connectivity index is 1.62. The normalized spacial score (nSPS) is 22.9. The molecule has 0 aromatic heterocycles. The number of benzene rings is 1. The molecule has 0 bridgehead atoms. The molecule has 0 saturated carbocycles. The molecule has 2 fully saturated rings. The molecular formula is C18H19FN2O5S2. The van der Waals surface area contributed by atoms with Crippen molar-refractivity contribution in [3.05, 3.63) is 40.6 Å². The standard InChI is InChI=1S/C18H19FN2O5S2/c1-20(13-7-9-28(25,26)11-13)16(22)6-8-21-17(23)15(27-18(21)24)10-12-4-2-3-5-14(12)19/h2-5,10,13H,6-9,11H2,1H3/b15-10-/t13-/m1/s1. The zero-order valence-corrected chi connectivity index (χ0v) is 16.8. The topological polar surface area (TPSA) is 91.8 Å². The average Bonchev–Trinajstić information content (AvgIpc) is 3.13. The second kappa shape index (κ2) is 8.04. The van der Waals surface area contributed by atoms with E-state index in [2.05, 4.69) is 0 Å². The maximum Gasteiger partial charge on any atom is 0.293 e. The van der Waals surface area contributed by atoms with Gasteiger partial charge in [-0.15, -0.1) is 0 Å². The minimum Gasteiger partial charge on any atom is -0.342 e. The number of hydrogen-bond donors (Lipinski definition) is 0. The van der Waals surface area contributed by atoms with Crippen molar-refractivity contribution in [1.82, 2.24) is 9.80 Å². The first-order valence-corrected chi connectivity index (χ1v) is 11.3. The van der Waals surface area contributed by atoms with Gasteiger partial charge in [0.15, 0.2) is 9.84 Å². The molecule has 0 N–H and O–H groups in total. The Morgan fingerprint density at radius 2 is 2.07 bits per heavy atom. The second-order valence-corrected chi connectivity index (χ2v) is 9.89. The summed E-state index contributed by atoms with van der Waals surface area (Å²) < 4.78 is 36.9. The van der Waals surface area contributed by atoms with Crippen molar-refractivity contribution in [3.63, 3.8) is 0 Å². The van der Waals surface area contributed by atoms with Gasteiger partial charge in [0.2, 0.25) is 5.91 Å². The lowest BCUT2D eigenvalue weighted by Gasteiger charge is -2.24. The summed E-state index contributed by atoms with van der Waals surface area (Å²) in [5, 5.41) is -0.522. The molecular weight excluding hydrogens is 407 g/mol. The van der Waals surface area contributed by atoms with E-state index in [4.69, 9.17) is 0 Å². The first-order valence-electron chi connectivity index (χ1n) is 8.64. The van der Waals surface area contributed by atoms with Gasteiger partial charge < -0.3 is 4.90 Å². The number of thioether (sulfide) groups is 1. The van der Waals surface area contributed by atoms with E-state index in [-0.39, 0.29) is 46.9 Å². The third-order valence-corrected chi connectivity index (χ3v) is 7.42. The summed E-state index contributed by atoms with van der Waals surface area (Å²) >= 11 is 0.698. The van der Waals surface area contributed by atoms with Crippen LogP contribution in [0.4, 0.5) is 9.18 Å². The van der Waals surface area contributed by atoms with Crippen LogP contribution in [0.25, 0.3) is 6.08 Å². The highest BCUT2D eigenvalue weighted by atomic mass is 32.2. The van der Waals surface area contributed by atoms with Crippen LogP contribution in [0.2, 0.25) is 0 Å². The number of carbonyl (C=O) groups excluding carboxylic acids is 3. The lowest BCUT2D eigenvalue weighted by molar-refractivity contribution is -0.132. The predicted molar refractivity (Wildman–Crippen MR) is 104 cm³/mol. The fourth-order valence-corrected chi connectivity index (χ4v) is 5.72. The fraction of sp³-hybridized carbons (Fsp3) is 0.389. The molecule has 10 heteroatoms. The average molecular weight is 426 g/mol. The highest BCUT2D eigenvalue weighted by Crippen LogP contribution is 2.32. The Labute approximate surface area is 166 Å². The third-order valence-electron chi connectivity index (χ3n) is 4.76. The van der Waals surface area contributed by atoms with Crippen LogP contribution in [0.1, 0.15) is 18.4 Å². The molecule has 1 atom stereocenters. The Morgan fingerprint density at radius 1 is 1.36 bits per heavy atom. The molecule has 150 valence electrons. The van der Waals surface area contributed by atoms with Crippen LogP contribution in [0.15, 0.2) is 29.2 Å². The Morgan fingerprint density at radius 3 is 2.71 bits per heavy atom. The van der Waals surface area contributed by atoms with Crippen LogP contribution < -0.4 is 0 Å². The van der Waals surface area contributed by atoms with Gasteiger partial charge in [-0.1, -0.05) is 18.2 Å². The summed E-state index contributed by atoms with van der Waals surface area (Å²) in [5.74, 6) is -1.42. The van der Waals surface area contributed by atoms with Gasteiger partial charge in [-0.2, -0.15) is 0 Å². The maximum absolute atomic E-state index is 13.8. The summed E-state index contributed by atoms with van der Waals surface area (Å²) in [5.41, 5.74) is 0.200. The van der Waals surface area contributed by atoms with Gasteiger partial charge in [0, 0.05) is 31.6 Å². The first-order chi connectivity index (χ1) is 13.2. The van der Waals surface area contributed by atoms with E-state index in [9.17, 15) is 27.2 Å². The lowest BCUT2D eigenvalue weighted by Crippen LogP contribution is -2.40. The fourth-order valence-electron chi connectivity index (χ4n) is 3.09. The van der Waals surface area contributed by atoms with E-state index in [1.165, 1.54) is 36.2 Å². The van der Waals surface area contributed by atoms with Crippen LogP contribution in [0.5, 0.6) is 0 Å². The van der Waals surface area contributed by atoms with Gasteiger partial charge in [-0.25, -0.2) is 12.8 Å². The number of amides is 3. The van der Waals surface area contributed by atoms with E-state index in [1.54, 1.807) is 6.07 Å². The molecule has 7 nitrogen and oxygen atoms in total. The van der Waals surface area contributed by atoms with E-state index in [0.29, 0.717) is 18.2 Å². The minimum absolute atomic E-state index is 0.0548. The van der Waals surface area contributed by atoms with Gasteiger partial charge in [-0.3, -0.25) is 19.3 Å². The van der Waals surface area contributed by atoms with E-state index >= 15 is 0 Å². The number of nitrogens with zero attached hydrogens (tertiary/aromatic N) is 2. The van der Waals surface area contributed by atoms with Crippen LogP contribution in [0.3, 0.4) is 0 Å². The van der Waals surface area contributed by atoms with Gasteiger partial charge in [0.05, 0.1) is 16.4 Å². The highest BCUT2D eigenvalue weighted by Gasteiger charge is 2.36. The van der Waals surface area contributed by atoms with Crippen molar-refractivity contribution in [2.75, 3.05) is 25.1 Å². The van der Waals surface area contributed by atoms with E-state index in [1.807, 2.05) is 0 Å². The molecule has 3 rings (SSSR count). The number of halogens is 1. The van der Waals surface area contributed by atoms with Crippen LogP contribution >= 0.6 is 11.8 Å². The molecule has 3 amide bonds. The number of imide groups is 1. The highest BCUT2D eigenvalue weighted by molar-refractivity contribution is 8.18. The van der Waals surface area contributed by atoms with Gasteiger partial charge in [-0.05, 0) is 30.3 Å². The molecule has 0 spiro atoms. The Hall–Kier alpha value is -2.20. The SMILES string of the molecule is CN(C(=O)CCN1C(=O)S/C(=C\c2ccccc2F)C1=O)[C@@H]1CCS(=O)(=O)C1. The van der Waals surface area contributed by atoms with Crippen molar-refractivity contribution in [2.24, 2.45) is 0 Å². The third kappa shape index (κ3) is 4.44. The molecule has 2 aliphatic heterocycles. The summed E-state index contributed by atoms with van der Waals surface area (Å²) in [6.45, 7) is -0.109. The quantitative estimate of drug-likeness (QED) is 0.668. The molecule has 2 aliphatic rings. The molecule has 28 heavy (non-hydrogen) atoms. The monoisotopic (exact) mass is 426 g/mol. The van der Waals surface area contributed by atoms with Crippen molar-refractivity contribution in [2.45, 2.75) is 18.9 Å². The van der Waals surface area contributed by atoms with E-state index in [0.717, 1.165) is 4.90 Å². The maximum atomic E-state index is 13.8. The summed E-state index contributed by atoms with van der Waals surface area (Å²) in [6.07, 6.45) is 1.60. The molecule has 0 radical (unpaired) electrons. The lowest BCUT2D eigenvalue weighted by atomic mass is 10.2. The smallest absolute Gasteiger partial charge is 0.293 e. The summed E-state index contributed by atoms with van der Waals surface area (Å²) in [7, 11) is -1.59. The molecule has 1 aromatic rings. The number of rotatable bonds is 5.